The molecule has 1 heterocycles. The van der Waals surface area contributed by atoms with Gasteiger partial charge in [-0.1, -0.05) is 13.0 Å². The number of ether oxygens (including phenoxy) is 1. The summed E-state index contributed by atoms with van der Waals surface area (Å²) in [7, 11) is 1.35. The summed E-state index contributed by atoms with van der Waals surface area (Å²) in [4.78, 5) is 23.9. The van der Waals surface area contributed by atoms with Crippen molar-refractivity contribution in [2.45, 2.75) is 25.8 Å². The topological polar surface area (TPSA) is 55.4 Å². The van der Waals surface area contributed by atoms with E-state index in [0.29, 0.717) is 13.0 Å². The van der Waals surface area contributed by atoms with E-state index < -0.39 is 0 Å². The maximum atomic E-state index is 12.1. The Morgan fingerprint density at radius 1 is 1.53 bits per heavy atom. The minimum atomic E-state index is -0.308. The molecule has 5 heteroatoms. The molecule has 1 aromatic rings. The Hall–Kier alpha value is -1.20. The van der Waals surface area contributed by atoms with E-state index in [-0.39, 0.29) is 24.2 Å². The lowest BCUT2D eigenvalue weighted by Gasteiger charge is -2.15. The van der Waals surface area contributed by atoms with E-state index in [0.717, 1.165) is 4.88 Å². The summed E-state index contributed by atoms with van der Waals surface area (Å²) in [6.45, 7) is 2.63. The SMILES string of the molecule is CCNC(CCC(=O)OC)C(=O)c1cccs1. The smallest absolute Gasteiger partial charge is 0.305 e. The number of methoxy groups -OCH3 is 1. The lowest BCUT2D eigenvalue weighted by Crippen LogP contribution is -2.36. The van der Waals surface area contributed by atoms with Gasteiger partial charge in [0.2, 0.25) is 0 Å². The summed E-state index contributed by atoms with van der Waals surface area (Å²) >= 11 is 1.42. The van der Waals surface area contributed by atoms with Crippen molar-refractivity contribution in [3.63, 3.8) is 0 Å². The highest BCUT2D eigenvalue weighted by Crippen LogP contribution is 2.14. The number of hydrogen-bond acceptors (Lipinski definition) is 5. The molecule has 0 bridgehead atoms. The first-order chi connectivity index (χ1) is 8.19. The number of hydrogen-bond donors (Lipinski definition) is 1. The molecule has 0 saturated carbocycles. The van der Waals surface area contributed by atoms with Crippen LogP contribution in [0.5, 0.6) is 0 Å². The maximum absolute atomic E-state index is 12.1. The molecule has 1 N–H and O–H groups in total. The van der Waals surface area contributed by atoms with Gasteiger partial charge in [0, 0.05) is 6.42 Å². The van der Waals surface area contributed by atoms with Crippen molar-refractivity contribution in [3.8, 4) is 0 Å². The highest BCUT2D eigenvalue weighted by Gasteiger charge is 2.20. The number of thiophene rings is 1. The molecule has 0 saturated heterocycles. The number of likely N-dealkylation sites (N-methyl/N-ethyl adjacent to an activating group) is 1. The van der Waals surface area contributed by atoms with Gasteiger partial charge in [0.15, 0.2) is 5.78 Å². The summed E-state index contributed by atoms with van der Waals surface area (Å²) in [5, 5.41) is 4.97. The fraction of sp³-hybridized carbons (Fsp3) is 0.500. The number of nitrogens with one attached hydrogen (secondary N) is 1. The van der Waals surface area contributed by atoms with Crippen LogP contribution in [0, 0.1) is 0 Å². The zero-order valence-electron chi connectivity index (χ0n) is 10.1. The Morgan fingerprint density at radius 3 is 2.82 bits per heavy atom. The van der Waals surface area contributed by atoms with Crippen LogP contribution >= 0.6 is 11.3 Å². The molecule has 1 aromatic heterocycles. The van der Waals surface area contributed by atoms with Crippen molar-refractivity contribution in [2.75, 3.05) is 13.7 Å². The molecular weight excluding hydrogens is 238 g/mol. The Bertz CT molecular complexity index is 362. The molecule has 1 atom stereocenters. The minimum absolute atomic E-state index is 0.0470. The molecule has 94 valence electrons. The largest absolute Gasteiger partial charge is 0.469 e. The first kappa shape index (κ1) is 13.9. The van der Waals surface area contributed by atoms with Crippen LogP contribution < -0.4 is 5.32 Å². The third kappa shape index (κ3) is 4.28. The molecule has 0 radical (unpaired) electrons. The van der Waals surface area contributed by atoms with Crippen molar-refractivity contribution < 1.29 is 14.3 Å². The van der Waals surface area contributed by atoms with Crippen LogP contribution in [0.1, 0.15) is 29.4 Å². The Kier molecular flexibility index (Phi) is 5.86. The molecule has 0 aliphatic carbocycles. The van der Waals surface area contributed by atoms with Gasteiger partial charge in [-0.05, 0) is 24.4 Å². The van der Waals surface area contributed by atoms with E-state index in [9.17, 15) is 9.59 Å². The first-order valence-electron chi connectivity index (χ1n) is 5.57. The molecule has 1 rings (SSSR count). The van der Waals surface area contributed by atoms with Crippen LogP contribution in [0.4, 0.5) is 0 Å². The molecule has 0 amide bonds. The summed E-state index contributed by atoms with van der Waals surface area (Å²) in [6.07, 6.45) is 0.725. The van der Waals surface area contributed by atoms with Crippen LogP contribution in [0.15, 0.2) is 17.5 Å². The van der Waals surface area contributed by atoms with Gasteiger partial charge in [0.1, 0.15) is 0 Å². The standard InChI is InChI=1S/C12H17NO3S/c1-3-13-9(6-7-11(14)16-2)12(15)10-5-4-8-17-10/h4-5,8-9,13H,3,6-7H2,1-2H3. The first-order valence-corrected chi connectivity index (χ1v) is 6.45. The number of carbonyl (C=O) groups is 2. The van der Waals surface area contributed by atoms with E-state index in [4.69, 9.17) is 0 Å². The number of rotatable bonds is 7. The Morgan fingerprint density at radius 2 is 2.29 bits per heavy atom. The average Bonchev–Trinajstić information content (AvgIpc) is 2.86. The normalized spacial score (nSPS) is 12.1. The molecule has 17 heavy (non-hydrogen) atoms. The van der Waals surface area contributed by atoms with Gasteiger partial charge in [-0.2, -0.15) is 0 Å². The van der Waals surface area contributed by atoms with Gasteiger partial charge in [-0.25, -0.2) is 0 Å². The fourth-order valence-corrected chi connectivity index (χ4v) is 2.25. The molecule has 0 spiro atoms. The minimum Gasteiger partial charge on any atom is -0.469 e. The molecule has 1 unspecified atom stereocenters. The average molecular weight is 255 g/mol. The quantitative estimate of drug-likeness (QED) is 0.597. The van der Waals surface area contributed by atoms with Crippen LogP contribution in [0.2, 0.25) is 0 Å². The predicted octanol–water partition coefficient (Wildman–Crippen LogP) is 1.86. The second-order valence-electron chi connectivity index (χ2n) is 3.57. The predicted molar refractivity (Wildman–Crippen MR) is 67.4 cm³/mol. The maximum Gasteiger partial charge on any atom is 0.305 e. The van der Waals surface area contributed by atoms with Gasteiger partial charge < -0.3 is 10.1 Å². The van der Waals surface area contributed by atoms with Crippen molar-refractivity contribution in [2.24, 2.45) is 0 Å². The molecule has 4 nitrogen and oxygen atoms in total. The second-order valence-corrected chi connectivity index (χ2v) is 4.51. The lowest BCUT2D eigenvalue weighted by atomic mass is 10.1. The Balaban J connectivity index is 2.59. The third-order valence-corrected chi connectivity index (χ3v) is 3.28. The zero-order valence-corrected chi connectivity index (χ0v) is 10.9. The van der Waals surface area contributed by atoms with Crippen molar-refractivity contribution in [1.82, 2.24) is 5.32 Å². The molecule has 0 aliphatic rings. The van der Waals surface area contributed by atoms with Crippen LogP contribution in [0.3, 0.4) is 0 Å². The lowest BCUT2D eigenvalue weighted by molar-refractivity contribution is -0.140. The summed E-state index contributed by atoms with van der Waals surface area (Å²) < 4.78 is 4.57. The van der Waals surface area contributed by atoms with Gasteiger partial charge >= 0.3 is 5.97 Å². The van der Waals surface area contributed by atoms with E-state index in [2.05, 4.69) is 10.1 Å². The summed E-state index contributed by atoms with van der Waals surface area (Å²) in [5.41, 5.74) is 0. The monoisotopic (exact) mass is 255 g/mol. The second kappa shape index (κ2) is 7.19. The van der Waals surface area contributed by atoms with E-state index in [1.165, 1.54) is 18.4 Å². The molecule has 0 fully saturated rings. The Labute approximate surface area is 105 Å². The van der Waals surface area contributed by atoms with Crippen molar-refractivity contribution >= 4 is 23.1 Å². The van der Waals surface area contributed by atoms with Crippen molar-refractivity contribution in [1.29, 1.82) is 0 Å². The highest BCUT2D eigenvalue weighted by molar-refractivity contribution is 7.12. The number of esters is 1. The summed E-state index contributed by atoms with van der Waals surface area (Å²) in [6, 6.07) is 3.34. The van der Waals surface area contributed by atoms with Gasteiger partial charge in [-0.15, -0.1) is 11.3 Å². The van der Waals surface area contributed by atoms with Gasteiger partial charge in [0.25, 0.3) is 0 Å². The molecular formula is C12H17NO3S. The molecule has 0 aliphatic heterocycles. The third-order valence-electron chi connectivity index (χ3n) is 2.40. The van der Waals surface area contributed by atoms with Gasteiger partial charge in [-0.3, -0.25) is 9.59 Å². The van der Waals surface area contributed by atoms with Crippen LogP contribution in [-0.4, -0.2) is 31.4 Å². The highest BCUT2D eigenvalue weighted by atomic mass is 32.1. The fourth-order valence-electron chi connectivity index (χ4n) is 1.53. The summed E-state index contributed by atoms with van der Waals surface area (Å²) in [5.74, 6) is -0.238. The zero-order chi connectivity index (χ0) is 12.7. The number of carbonyl (C=O) groups excluding carboxylic acids is 2. The van der Waals surface area contributed by atoms with Crippen LogP contribution in [0.25, 0.3) is 0 Å². The number of ketones is 1. The van der Waals surface area contributed by atoms with E-state index in [1.54, 1.807) is 6.07 Å². The van der Waals surface area contributed by atoms with Gasteiger partial charge in [0.05, 0.1) is 18.0 Å². The number of Topliss-reactive ketones (excluding diaryl/α,β-unsaturated/α-hetero) is 1. The van der Waals surface area contributed by atoms with E-state index >= 15 is 0 Å². The van der Waals surface area contributed by atoms with Crippen LogP contribution in [-0.2, 0) is 9.53 Å². The molecule has 0 aromatic carbocycles. The van der Waals surface area contributed by atoms with E-state index in [1.807, 2.05) is 18.4 Å². The van der Waals surface area contributed by atoms with Crippen molar-refractivity contribution in [3.05, 3.63) is 22.4 Å².